The molecule has 3 heteroatoms. The lowest BCUT2D eigenvalue weighted by atomic mass is 10.1. The van der Waals surface area contributed by atoms with Crippen LogP contribution in [0.1, 0.15) is 24.6 Å². The van der Waals surface area contributed by atoms with Crippen molar-refractivity contribution in [3.8, 4) is 0 Å². The third-order valence-corrected chi connectivity index (χ3v) is 1.73. The van der Waals surface area contributed by atoms with Gasteiger partial charge >= 0.3 is 0 Å². The van der Waals surface area contributed by atoms with Gasteiger partial charge in [-0.3, -0.25) is 0 Å². The number of rotatable bonds is 4. The highest BCUT2D eigenvalue weighted by Gasteiger charge is 2.03. The molecule has 1 aromatic heterocycles. The van der Waals surface area contributed by atoms with Crippen LogP contribution in [0.15, 0.2) is 10.8 Å². The van der Waals surface area contributed by atoms with E-state index in [1.54, 1.807) is 6.26 Å². The summed E-state index contributed by atoms with van der Waals surface area (Å²) in [6.07, 6.45) is 4.63. The van der Waals surface area contributed by atoms with Crippen LogP contribution in [0.2, 0.25) is 0 Å². The number of hydrogen-bond donors (Lipinski definition) is 1. The van der Waals surface area contributed by atoms with E-state index >= 15 is 0 Å². The van der Waals surface area contributed by atoms with Crippen molar-refractivity contribution in [2.75, 3.05) is 6.54 Å². The molecule has 11 heavy (non-hydrogen) atoms. The normalized spacial score (nSPS) is 10.4. The first kappa shape index (κ1) is 8.27. The molecule has 1 rings (SSSR count). The van der Waals surface area contributed by atoms with Gasteiger partial charge in [-0.15, -0.1) is 0 Å². The number of aromatic nitrogens is 1. The first-order chi connectivity index (χ1) is 5.38. The van der Waals surface area contributed by atoms with Gasteiger partial charge in [-0.05, 0) is 25.8 Å². The molecular weight excluding hydrogens is 140 g/mol. The minimum atomic E-state index is 0.718. The number of hydrogen-bond acceptors (Lipinski definition) is 3. The molecule has 0 aliphatic heterocycles. The van der Waals surface area contributed by atoms with Gasteiger partial charge in [0.25, 0.3) is 0 Å². The summed E-state index contributed by atoms with van der Waals surface area (Å²) in [4.78, 5) is 0. The summed E-state index contributed by atoms with van der Waals surface area (Å²) in [5.74, 6) is 0. The standard InChI is InChI=1S/C8H14N2O/c1-2-7-6-11-10-8(7)4-3-5-9/h6H,2-5,9H2,1H3. The van der Waals surface area contributed by atoms with Gasteiger partial charge in [0.15, 0.2) is 0 Å². The maximum atomic E-state index is 5.38. The van der Waals surface area contributed by atoms with Crippen LogP contribution in [0.4, 0.5) is 0 Å². The van der Waals surface area contributed by atoms with E-state index in [4.69, 9.17) is 10.3 Å². The van der Waals surface area contributed by atoms with Gasteiger partial charge in [0, 0.05) is 5.56 Å². The molecule has 1 heterocycles. The quantitative estimate of drug-likeness (QED) is 0.707. The number of aryl methyl sites for hydroxylation is 2. The number of nitrogens with zero attached hydrogens (tertiary/aromatic N) is 1. The second kappa shape index (κ2) is 4.13. The molecule has 0 unspecified atom stereocenters. The van der Waals surface area contributed by atoms with E-state index < -0.39 is 0 Å². The van der Waals surface area contributed by atoms with Crippen LogP contribution < -0.4 is 5.73 Å². The summed E-state index contributed by atoms with van der Waals surface area (Å²) >= 11 is 0. The van der Waals surface area contributed by atoms with Crippen molar-refractivity contribution in [1.82, 2.24) is 5.16 Å². The molecule has 62 valence electrons. The first-order valence-electron chi connectivity index (χ1n) is 4.00. The molecule has 0 fully saturated rings. The summed E-state index contributed by atoms with van der Waals surface area (Å²) in [6, 6.07) is 0. The average Bonchev–Trinajstić information content (AvgIpc) is 2.47. The second-order valence-corrected chi connectivity index (χ2v) is 2.53. The zero-order valence-corrected chi connectivity index (χ0v) is 6.84. The molecule has 0 aliphatic rings. The lowest BCUT2D eigenvalue weighted by Crippen LogP contribution is -2.01. The highest BCUT2D eigenvalue weighted by Crippen LogP contribution is 2.08. The van der Waals surface area contributed by atoms with Crippen LogP contribution >= 0.6 is 0 Å². The van der Waals surface area contributed by atoms with Crippen molar-refractivity contribution >= 4 is 0 Å². The molecule has 0 aliphatic carbocycles. The van der Waals surface area contributed by atoms with Crippen molar-refractivity contribution < 1.29 is 4.52 Å². The Morgan fingerprint density at radius 1 is 1.64 bits per heavy atom. The van der Waals surface area contributed by atoms with Gasteiger partial charge in [0.2, 0.25) is 0 Å². The number of nitrogens with two attached hydrogens (primary N) is 1. The fourth-order valence-corrected chi connectivity index (χ4v) is 1.04. The zero-order valence-electron chi connectivity index (χ0n) is 6.84. The molecule has 0 bridgehead atoms. The molecule has 0 atom stereocenters. The molecular formula is C8H14N2O. The summed E-state index contributed by atoms with van der Waals surface area (Å²) in [5, 5.41) is 3.89. The monoisotopic (exact) mass is 154 g/mol. The Hall–Kier alpha value is -0.830. The zero-order chi connectivity index (χ0) is 8.10. The van der Waals surface area contributed by atoms with Crippen LogP contribution in [0.25, 0.3) is 0 Å². The van der Waals surface area contributed by atoms with E-state index in [0.29, 0.717) is 0 Å². The van der Waals surface area contributed by atoms with E-state index in [1.807, 2.05) is 0 Å². The highest BCUT2D eigenvalue weighted by molar-refractivity contribution is 5.14. The predicted molar refractivity (Wildman–Crippen MR) is 43.3 cm³/mol. The molecule has 0 saturated carbocycles. The Bertz CT molecular complexity index is 208. The van der Waals surface area contributed by atoms with E-state index in [1.165, 1.54) is 5.56 Å². The van der Waals surface area contributed by atoms with Gasteiger partial charge in [-0.1, -0.05) is 12.1 Å². The van der Waals surface area contributed by atoms with Crippen molar-refractivity contribution in [3.05, 3.63) is 17.5 Å². The van der Waals surface area contributed by atoms with E-state index in [-0.39, 0.29) is 0 Å². The van der Waals surface area contributed by atoms with Crippen LogP contribution in [-0.4, -0.2) is 11.7 Å². The summed E-state index contributed by atoms with van der Waals surface area (Å²) in [7, 11) is 0. The molecule has 0 radical (unpaired) electrons. The topological polar surface area (TPSA) is 52.0 Å². The highest BCUT2D eigenvalue weighted by atomic mass is 16.5. The molecule has 3 nitrogen and oxygen atoms in total. The SMILES string of the molecule is CCc1conc1CCCN. The fourth-order valence-electron chi connectivity index (χ4n) is 1.04. The van der Waals surface area contributed by atoms with Gasteiger partial charge in [-0.25, -0.2) is 0 Å². The van der Waals surface area contributed by atoms with Crippen LogP contribution in [0.3, 0.4) is 0 Å². The minimum Gasteiger partial charge on any atom is -0.364 e. The molecule has 0 saturated heterocycles. The summed E-state index contributed by atoms with van der Waals surface area (Å²) in [5.41, 5.74) is 7.65. The molecule has 0 aromatic carbocycles. The molecule has 0 amide bonds. The van der Waals surface area contributed by atoms with Crippen LogP contribution in [0.5, 0.6) is 0 Å². The predicted octanol–water partition coefficient (Wildman–Crippen LogP) is 1.13. The van der Waals surface area contributed by atoms with Crippen molar-refractivity contribution in [2.24, 2.45) is 5.73 Å². The molecule has 0 spiro atoms. The Morgan fingerprint density at radius 3 is 3.09 bits per heavy atom. The van der Waals surface area contributed by atoms with E-state index in [9.17, 15) is 0 Å². The average molecular weight is 154 g/mol. The Morgan fingerprint density at radius 2 is 2.45 bits per heavy atom. The molecule has 2 N–H and O–H groups in total. The van der Waals surface area contributed by atoms with E-state index in [0.717, 1.165) is 31.5 Å². The summed E-state index contributed by atoms with van der Waals surface area (Å²) < 4.78 is 4.84. The lowest BCUT2D eigenvalue weighted by molar-refractivity contribution is 0.410. The minimum absolute atomic E-state index is 0.718. The van der Waals surface area contributed by atoms with Gasteiger partial charge < -0.3 is 10.3 Å². The van der Waals surface area contributed by atoms with Crippen molar-refractivity contribution in [2.45, 2.75) is 26.2 Å². The smallest absolute Gasteiger partial charge is 0.127 e. The third kappa shape index (κ3) is 2.05. The van der Waals surface area contributed by atoms with Gasteiger partial charge in [0.1, 0.15) is 6.26 Å². The maximum absolute atomic E-state index is 5.38. The van der Waals surface area contributed by atoms with Gasteiger partial charge in [0.05, 0.1) is 5.69 Å². The Kier molecular flexibility index (Phi) is 3.11. The van der Waals surface area contributed by atoms with Crippen molar-refractivity contribution in [3.63, 3.8) is 0 Å². The molecule has 1 aromatic rings. The summed E-state index contributed by atoms with van der Waals surface area (Å²) in [6.45, 7) is 2.81. The van der Waals surface area contributed by atoms with E-state index in [2.05, 4.69) is 12.1 Å². The Balaban J connectivity index is 2.54. The lowest BCUT2D eigenvalue weighted by Gasteiger charge is -1.94. The maximum Gasteiger partial charge on any atom is 0.127 e. The van der Waals surface area contributed by atoms with Crippen molar-refractivity contribution in [1.29, 1.82) is 0 Å². The van der Waals surface area contributed by atoms with Gasteiger partial charge in [-0.2, -0.15) is 0 Å². The van der Waals surface area contributed by atoms with Crippen LogP contribution in [-0.2, 0) is 12.8 Å². The van der Waals surface area contributed by atoms with Crippen LogP contribution in [0, 0.1) is 0 Å². The Labute approximate surface area is 66.6 Å². The second-order valence-electron chi connectivity index (χ2n) is 2.53. The largest absolute Gasteiger partial charge is 0.364 e. The first-order valence-corrected chi connectivity index (χ1v) is 4.00. The third-order valence-electron chi connectivity index (χ3n) is 1.73. The fraction of sp³-hybridized carbons (Fsp3) is 0.625.